The summed E-state index contributed by atoms with van der Waals surface area (Å²) in [5, 5.41) is 2.25. The average molecular weight is 411 g/mol. The van der Waals surface area contributed by atoms with E-state index in [1.165, 1.54) is 30.8 Å². The van der Waals surface area contributed by atoms with Crippen molar-refractivity contribution in [2.75, 3.05) is 17.7 Å². The molecule has 0 aromatic heterocycles. The monoisotopic (exact) mass is 411 g/mol. The van der Waals surface area contributed by atoms with Crippen LogP contribution in [0.2, 0.25) is 0 Å². The fourth-order valence-electron chi connectivity index (χ4n) is 2.12. The number of thioether (sulfide) groups is 1. The molecule has 0 aliphatic rings. The molecule has 1 amide bonds. The fourth-order valence-corrected chi connectivity index (χ4v) is 2.96. The molecule has 5 nitrogen and oxygen atoms in total. The first-order chi connectivity index (χ1) is 13.2. The lowest BCUT2D eigenvalue weighted by molar-refractivity contribution is -0.137. The van der Waals surface area contributed by atoms with Gasteiger partial charge in [0.25, 0.3) is 5.91 Å². The van der Waals surface area contributed by atoms with E-state index in [0.717, 1.165) is 18.2 Å². The standard InChI is InChI=1S/C19H16F3NO4S/c1-12(24)11-28-16-8-3-2-7-15(16)18(26)27-10-17(25)23-14-6-4-5-13(9-14)19(20,21)22/h2-9H,10-11H2,1H3,(H,23,25). The molecular formula is C19H16F3NO4S. The molecule has 0 atom stereocenters. The molecule has 148 valence electrons. The maximum Gasteiger partial charge on any atom is 0.416 e. The number of Topliss-reactive ketones (excluding diaryl/α,β-unsaturated/α-hetero) is 1. The van der Waals surface area contributed by atoms with Crippen molar-refractivity contribution < 1.29 is 32.3 Å². The van der Waals surface area contributed by atoms with E-state index < -0.39 is 30.2 Å². The fraction of sp³-hybridized carbons (Fsp3) is 0.211. The lowest BCUT2D eigenvalue weighted by Gasteiger charge is -2.11. The van der Waals surface area contributed by atoms with Gasteiger partial charge in [-0.3, -0.25) is 9.59 Å². The van der Waals surface area contributed by atoms with Crippen LogP contribution in [0, 0.1) is 0 Å². The number of hydrogen-bond donors (Lipinski definition) is 1. The molecule has 0 heterocycles. The highest BCUT2D eigenvalue weighted by molar-refractivity contribution is 8.00. The van der Waals surface area contributed by atoms with Gasteiger partial charge in [0, 0.05) is 10.6 Å². The number of carbonyl (C=O) groups is 3. The zero-order valence-electron chi connectivity index (χ0n) is 14.7. The van der Waals surface area contributed by atoms with E-state index in [1.54, 1.807) is 18.2 Å². The Labute approximate surface area is 163 Å². The molecule has 0 radical (unpaired) electrons. The molecule has 0 aliphatic heterocycles. The smallest absolute Gasteiger partial charge is 0.416 e. The van der Waals surface area contributed by atoms with Crippen LogP contribution < -0.4 is 5.32 Å². The van der Waals surface area contributed by atoms with Crippen molar-refractivity contribution in [3.8, 4) is 0 Å². The van der Waals surface area contributed by atoms with Crippen molar-refractivity contribution >= 4 is 35.1 Å². The van der Waals surface area contributed by atoms with Gasteiger partial charge in [0.1, 0.15) is 5.78 Å². The van der Waals surface area contributed by atoms with Crippen molar-refractivity contribution in [1.82, 2.24) is 0 Å². The topological polar surface area (TPSA) is 72.5 Å². The third-order valence-electron chi connectivity index (χ3n) is 3.35. The summed E-state index contributed by atoms with van der Waals surface area (Å²) in [5.74, 6) is -1.43. The second-order valence-electron chi connectivity index (χ2n) is 5.69. The zero-order valence-corrected chi connectivity index (χ0v) is 15.5. The maximum atomic E-state index is 12.7. The van der Waals surface area contributed by atoms with Crippen molar-refractivity contribution in [2.24, 2.45) is 0 Å². The van der Waals surface area contributed by atoms with E-state index in [4.69, 9.17) is 4.74 Å². The number of benzene rings is 2. The van der Waals surface area contributed by atoms with E-state index in [0.29, 0.717) is 4.90 Å². The van der Waals surface area contributed by atoms with Crippen LogP contribution in [0.4, 0.5) is 18.9 Å². The summed E-state index contributed by atoms with van der Waals surface area (Å²) in [6, 6.07) is 10.6. The molecular weight excluding hydrogens is 395 g/mol. The largest absolute Gasteiger partial charge is 0.452 e. The van der Waals surface area contributed by atoms with Crippen LogP contribution in [0.25, 0.3) is 0 Å². The summed E-state index contributed by atoms with van der Waals surface area (Å²) in [4.78, 5) is 35.7. The van der Waals surface area contributed by atoms with Crippen LogP contribution in [-0.4, -0.2) is 30.0 Å². The van der Waals surface area contributed by atoms with Gasteiger partial charge in [0.15, 0.2) is 6.61 Å². The third-order valence-corrected chi connectivity index (χ3v) is 4.56. The van der Waals surface area contributed by atoms with Gasteiger partial charge in [0.2, 0.25) is 0 Å². The highest BCUT2D eigenvalue weighted by Gasteiger charge is 2.30. The number of alkyl halides is 3. The van der Waals surface area contributed by atoms with Crippen LogP contribution in [0.5, 0.6) is 0 Å². The van der Waals surface area contributed by atoms with Crippen molar-refractivity contribution in [2.45, 2.75) is 18.0 Å². The molecule has 2 rings (SSSR count). The van der Waals surface area contributed by atoms with Crippen molar-refractivity contribution in [3.63, 3.8) is 0 Å². The molecule has 0 spiro atoms. The Morgan fingerprint density at radius 2 is 1.79 bits per heavy atom. The van der Waals surface area contributed by atoms with Crippen LogP contribution in [0.1, 0.15) is 22.8 Å². The van der Waals surface area contributed by atoms with Crippen LogP contribution in [-0.2, 0) is 20.5 Å². The molecule has 2 aromatic carbocycles. The molecule has 0 saturated heterocycles. The molecule has 28 heavy (non-hydrogen) atoms. The Morgan fingerprint density at radius 3 is 2.46 bits per heavy atom. The number of ether oxygens (including phenoxy) is 1. The van der Waals surface area contributed by atoms with Gasteiger partial charge in [-0.05, 0) is 37.3 Å². The van der Waals surface area contributed by atoms with Gasteiger partial charge in [-0.1, -0.05) is 18.2 Å². The number of nitrogens with one attached hydrogen (secondary N) is 1. The van der Waals surface area contributed by atoms with Gasteiger partial charge in [-0.2, -0.15) is 13.2 Å². The first-order valence-electron chi connectivity index (χ1n) is 8.02. The SMILES string of the molecule is CC(=O)CSc1ccccc1C(=O)OCC(=O)Nc1cccc(C(F)(F)F)c1. The Bertz CT molecular complexity index is 883. The molecule has 0 fully saturated rings. The van der Waals surface area contributed by atoms with E-state index in [-0.39, 0.29) is 22.8 Å². The number of rotatable bonds is 7. The predicted octanol–water partition coefficient (Wildman–Crippen LogP) is 4.18. The summed E-state index contributed by atoms with van der Waals surface area (Å²) in [6.07, 6.45) is -4.53. The quantitative estimate of drug-likeness (QED) is 0.547. The van der Waals surface area contributed by atoms with E-state index in [1.807, 2.05) is 0 Å². The second-order valence-corrected chi connectivity index (χ2v) is 6.71. The molecule has 0 saturated carbocycles. The molecule has 2 aromatic rings. The third kappa shape index (κ3) is 6.41. The number of esters is 1. The first-order valence-corrected chi connectivity index (χ1v) is 9.01. The van der Waals surface area contributed by atoms with Gasteiger partial charge in [0.05, 0.1) is 16.9 Å². The Hall–Kier alpha value is -2.81. The zero-order chi connectivity index (χ0) is 20.7. The maximum absolute atomic E-state index is 12.7. The second kappa shape index (κ2) is 9.41. The summed E-state index contributed by atoms with van der Waals surface area (Å²) in [5.41, 5.74) is -0.771. The summed E-state index contributed by atoms with van der Waals surface area (Å²) in [6.45, 7) is 0.757. The molecule has 1 N–H and O–H groups in total. The molecule has 0 unspecified atom stereocenters. The lowest BCUT2D eigenvalue weighted by atomic mass is 10.2. The van der Waals surface area contributed by atoms with Crippen molar-refractivity contribution in [1.29, 1.82) is 0 Å². The lowest BCUT2D eigenvalue weighted by Crippen LogP contribution is -2.21. The Kier molecular flexibility index (Phi) is 7.22. The highest BCUT2D eigenvalue weighted by Crippen LogP contribution is 2.30. The summed E-state index contributed by atoms with van der Waals surface area (Å²) < 4.78 is 43.0. The number of anilines is 1. The minimum Gasteiger partial charge on any atom is -0.452 e. The number of ketones is 1. The van der Waals surface area contributed by atoms with Crippen LogP contribution >= 0.6 is 11.8 Å². The number of amides is 1. The first kappa shape index (κ1) is 21.5. The molecule has 0 aliphatic carbocycles. The van der Waals surface area contributed by atoms with E-state index in [2.05, 4.69) is 5.32 Å². The van der Waals surface area contributed by atoms with Gasteiger partial charge < -0.3 is 10.1 Å². The molecule has 0 bridgehead atoms. The van der Waals surface area contributed by atoms with Crippen LogP contribution in [0.3, 0.4) is 0 Å². The number of carbonyl (C=O) groups excluding carboxylic acids is 3. The predicted molar refractivity (Wildman–Crippen MR) is 98.2 cm³/mol. The Morgan fingerprint density at radius 1 is 1.07 bits per heavy atom. The van der Waals surface area contributed by atoms with Crippen LogP contribution in [0.15, 0.2) is 53.4 Å². The minimum absolute atomic E-state index is 0.0614. The number of halogens is 3. The van der Waals surface area contributed by atoms with Gasteiger partial charge in [-0.15, -0.1) is 11.8 Å². The molecule has 9 heteroatoms. The van der Waals surface area contributed by atoms with Gasteiger partial charge >= 0.3 is 12.1 Å². The summed E-state index contributed by atoms with van der Waals surface area (Å²) in [7, 11) is 0. The summed E-state index contributed by atoms with van der Waals surface area (Å²) >= 11 is 1.17. The van der Waals surface area contributed by atoms with Gasteiger partial charge in [-0.25, -0.2) is 4.79 Å². The van der Waals surface area contributed by atoms with E-state index in [9.17, 15) is 27.6 Å². The highest BCUT2D eigenvalue weighted by atomic mass is 32.2. The van der Waals surface area contributed by atoms with Crippen molar-refractivity contribution in [3.05, 3.63) is 59.7 Å². The number of hydrogen-bond acceptors (Lipinski definition) is 5. The minimum atomic E-state index is -4.53. The average Bonchev–Trinajstić information content (AvgIpc) is 2.64. The van der Waals surface area contributed by atoms with E-state index >= 15 is 0 Å². The normalized spacial score (nSPS) is 11.0. The Balaban J connectivity index is 1.96.